The van der Waals surface area contributed by atoms with Crippen molar-refractivity contribution >= 4 is 5.91 Å². The number of imidazole rings is 1. The van der Waals surface area contributed by atoms with Gasteiger partial charge in [-0.25, -0.2) is 9.97 Å². The maximum atomic E-state index is 12.3. The second kappa shape index (κ2) is 5.76. The number of rotatable bonds is 2. The topological polar surface area (TPSA) is 72.7 Å². The number of aryl methyl sites for hydroxylation is 2. The van der Waals surface area contributed by atoms with Crippen LogP contribution in [-0.4, -0.2) is 31.5 Å². The first-order valence-electron chi connectivity index (χ1n) is 7.99. The SMILES string of the molecule is Cc1cnc(C(=O)NC2CCc3nc(C(C)(C)C)cn3C2)cn1. The summed E-state index contributed by atoms with van der Waals surface area (Å²) in [7, 11) is 0. The fourth-order valence-corrected chi connectivity index (χ4v) is 2.69. The molecule has 0 aliphatic carbocycles. The van der Waals surface area contributed by atoms with Crippen LogP contribution < -0.4 is 5.32 Å². The highest BCUT2D eigenvalue weighted by Crippen LogP contribution is 2.24. The number of hydrogen-bond donors (Lipinski definition) is 1. The summed E-state index contributed by atoms with van der Waals surface area (Å²) in [6.45, 7) is 9.09. The van der Waals surface area contributed by atoms with Gasteiger partial charge in [-0.05, 0) is 13.3 Å². The fraction of sp³-hybridized carbons (Fsp3) is 0.529. The lowest BCUT2D eigenvalue weighted by atomic mass is 9.93. The summed E-state index contributed by atoms with van der Waals surface area (Å²) in [5.74, 6) is 0.942. The van der Waals surface area contributed by atoms with E-state index in [1.807, 2.05) is 6.92 Å². The van der Waals surface area contributed by atoms with Gasteiger partial charge >= 0.3 is 0 Å². The Morgan fingerprint density at radius 2 is 2.09 bits per heavy atom. The van der Waals surface area contributed by atoms with E-state index in [0.29, 0.717) is 5.69 Å². The monoisotopic (exact) mass is 313 g/mol. The quantitative estimate of drug-likeness (QED) is 0.920. The molecule has 0 spiro atoms. The van der Waals surface area contributed by atoms with Crippen molar-refractivity contribution in [1.82, 2.24) is 24.8 Å². The highest BCUT2D eigenvalue weighted by molar-refractivity contribution is 5.92. The third-order valence-corrected chi connectivity index (χ3v) is 4.11. The molecule has 1 atom stereocenters. The van der Waals surface area contributed by atoms with E-state index in [1.165, 1.54) is 6.20 Å². The molecular formula is C17H23N5O. The average Bonchev–Trinajstić information content (AvgIpc) is 2.91. The lowest BCUT2D eigenvalue weighted by Gasteiger charge is -2.24. The predicted molar refractivity (Wildman–Crippen MR) is 87.3 cm³/mol. The summed E-state index contributed by atoms with van der Waals surface area (Å²) in [5.41, 5.74) is 2.31. The Morgan fingerprint density at radius 3 is 2.74 bits per heavy atom. The van der Waals surface area contributed by atoms with Crippen LogP contribution >= 0.6 is 0 Å². The molecule has 1 aliphatic heterocycles. The van der Waals surface area contributed by atoms with E-state index in [9.17, 15) is 4.79 Å². The third-order valence-electron chi connectivity index (χ3n) is 4.11. The summed E-state index contributed by atoms with van der Waals surface area (Å²) in [5, 5.41) is 3.05. The molecule has 0 saturated heterocycles. The van der Waals surface area contributed by atoms with Gasteiger partial charge in [0.25, 0.3) is 5.91 Å². The number of carbonyl (C=O) groups is 1. The first kappa shape index (κ1) is 15.6. The minimum Gasteiger partial charge on any atom is -0.346 e. The molecule has 0 bridgehead atoms. The first-order valence-corrected chi connectivity index (χ1v) is 7.99. The van der Waals surface area contributed by atoms with Crippen molar-refractivity contribution in [2.24, 2.45) is 0 Å². The Balaban J connectivity index is 1.69. The van der Waals surface area contributed by atoms with Crippen molar-refractivity contribution in [3.63, 3.8) is 0 Å². The molecule has 0 saturated carbocycles. The van der Waals surface area contributed by atoms with Crippen LogP contribution in [0.5, 0.6) is 0 Å². The van der Waals surface area contributed by atoms with Gasteiger partial charge in [-0.15, -0.1) is 0 Å². The van der Waals surface area contributed by atoms with Crippen LogP contribution in [-0.2, 0) is 18.4 Å². The molecule has 122 valence electrons. The summed E-state index contributed by atoms with van der Waals surface area (Å²) in [4.78, 5) is 25.2. The molecule has 1 amide bonds. The lowest BCUT2D eigenvalue weighted by molar-refractivity contribution is 0.0922. The Labute approximate surface area is 136 Å². The molecule has 3 heterocycles. The minimum atomic E-state index is -0.165. The van der Waals surface area contributed by atoms with Crippen LogP contribution in [0.1, 0.15) is 54.9 Å². The smallest absolute Gasteiger partial charge is 0.271 e. The Morgan fingerprint density at radius 1 is 1.30 bits per heavy atom. The fourth-order valence-electron chi connectivity index (χ4n) is 2.69. The Bertz CT molecular complexity index is 712. The average molecular weight is 313 g/mol. The van der Waals surface area contributed by atoms with E-state index >= 15 is 0 Å². The van der Waals surface area contributed by atoms with E-state index in [-0.39, 0.29) is 17.4 Å². The van der Waals surface area contributed by atoms with Crippen molar-refractivity contribution in [3.8, 4) is 0 Å². The highest BCUT2D eigenvalue weighted by Gasteiger charge is 2.25. The third kappa shape index (κ3) is 3.41. The van der Waals surface area contributed by atoms with Crippen molar-refractivity contribution in [2.45, 2.75) is 58.5 Å². The van der Waals surface area contributed by atoms with Crippen LogP contribution in [0.2, 0.25) is 0 Å². The van der Waals surface area contributed by atoms with Gasteiger partial charge in [-0.2, -0.15) is 0 Å². The second-order valence-corrected chi connectivity index (χ2v) is 7.20. The molecule has 2 aromatic rings. The molecule has 3 rings (SSSR count). The minimum absolute atomic E-state index is 0.0422. The summed E-state index contributed by atoms with van der Waals surface area (Å²) in [6.07, 6.45) is 7.01. The van der Waals surface area contributed by atoms with Gasteiger partial charge in [0.2, 0.25) is 0 Å². The Kier molecular flexibility index (Phi) is 3.92. The molecule has 1 N–H and O–H groups in total. The zero-order valence-electron chi connectivity index (χ0n) is 14.1. The zero-order chi connectivity index (χ0) is 16.6. The van der Waals surface area contributed by atoms with E-state index in [1.54, 1.807) is 6.20 Å². The molecular weight excluding hydrogens is 290 g/mol. The number of fused-ring (bicyclic) bond motifs is 1. The molecule has 23 heavy (non-hydrogen) atoms. The van der Waals surface area contributed by atoms with Gasteiger partial charge in [-0.3, -0.25) is 9.78 Å². The number of hydrogen-bond acceptors (Lipinski definition) is 4. The van der Waals surface area contributed by atoms with E-state index < -0.39 is 0 Å². The van der Waals surface area contributed by atoms with Gasteiger partial charge in [0.1, 0.15) is 11.5 Å². The van der Waals surface area contributed by atoms with Crippen molar-refractivity contribution in [2.75, 3.05) is 0 Å². The van der Waals surface area contributed by atoms with Gasteiger partial charge in [0.15, 0.2) is 0 Å². The molecule has 2 aromatic heterocycles. The summed E-state index contributed by atoms with van der Waals surface area (Å²) >= 11 is 0. The maximum Gasteiger partial charge on any atom is 0.271 e. The van der Waals surface area contributed by atoms with Crippen molar-refractivity contribution < 1.29 is 4.79 Å². The van der Waals surface area contributed by atoms with Gasteiger partial charge in [-0.1, -0.05) is 20.8 Å². The molecule has 1 unspecified atom stereocenters. The predicted octanol–water partition coefficient (Wildman–Crippen LogP) is 2.02. The number of carbonyl (C=O) groups excluding carboxylic acids is 1. The van der Waals surface area contributed by atoms with Crippen molar-refractivity contribution in [3.05, 3.63) is 41.5 Å². The van der Waals surface area contributed by atoms with E-state index in [4.69, 9.17) is 4.98 Å². The number of nitrogens with one attached hydrogen (secondary N) is 1. The normalized spacial score (nSPS) is 17.7. The standard InChI is InChI=1S/C17H23N5O/c1-11-7-19-13(8-18-11)16(23)20-12-5-6-15-21-14(17(2,3)4)10-22(15)9-12/h7-8,10,12H,5-6,9H2,1-4H3,(H,20,23). The molecule has 0 radical (unpaired) electrons. The molecule has 0 aromatic carbocycles. The highest BCUT2D eigenvalue weighted by atomic mass is 16.1. The van der Waals surface area contributed by atoms with Gasteiger partial charge < -0.3 is 9.88 Å². The van der Waals surface area contributed by atoms with Crippen LogP contribution in [0.4, 0.5) is 0 Å². The lowest BCUT2D eigenvalue weighted by Crippen LogP contribution is -2.41. The summed E-state index contributed by atoms with van der Waals surface area (Å²) in [6, 6.07) is 0.0973. The number of amides is 1. The van der Waals surface area contributed by atoms with Gasteiger partial charge in [0, 0.05) is 36.8 Å². The zero-order valence-corrected chi connectivity index (χ0v) is 14.1. The van der Waals surface area contributed by atoms with Crippen molar-refractivity contribution in [1.29, 1.82) is 0 Å². The maximum absolute atomic E-state index is 12.3. The largest absolute Gasteiger partial charge is 0.346 e. The number of nitrogens with zero attached hydrogens (tertiary/aromatic N) is 4. The molecule has 0 fully saturated rings. The van der Waals surface area contributed by atoms with Crippen LogP contribution in [0, 0.1) is 6.92 Å². The first-order chi connectivity index (χ1) is 10.8. The molecule has 6 nitrogen and oxygen atoms in total. The summed E-state index contributed by atoms with van der Waals surface area (Å²) < 4.78 is 2.16. The van der Waals surface area contributed by atoms with Gasteiger partial charge in [0.05, 0.1) is 17.6 Å². The van der Waals surface area contributed by atoms with E-state index in [0.717, 1.165) is 36.6 Å². The van der Waals surface area contributed by atoms with Crippen LogP contribution in [0.15, 0.2) is 18.6 Å². The van der Waals surface area contributed by atoms with E-state index in [2.05, 4.69) is 46.8 Å². The van der Waals surface area contributed by atoms with Crippen LogP contribution in [0.25, 0.3) is 0 Å². The second-order valence-electron chi connectivity index (χ2n) is 7.20. The molecule has 1 aliphatic rings. The molecule has 6 heteroatoms. The Hall–Kier alpha value is -2.24. The van der Waals surface area contributed by atoms with Crippen LogP contribution in [0.3, 0.4) is 0 Å². The number of aromatic nitrogens is 4.